The summed E-state index contributed by atoms with van der Waals surface area (Å²) in [5.41, 5.74) is 1.98. The maximum atomic E-state index is 4.27. The van der Waals surface area contributed by atoms with E-state index < -0.39 is 0 Å². The van der Waals surface area contributed by atoms with Crippen molar-refractivity contribution in [2.45, 2.75) is 20.8 Å². The van der Waals surface area contributed by atoms with Gasteiger partial charge in [0.1, 0.15) is 5.52 Å². The molecule has 0 spiro atoms. The summed E-state index contributed by atoms with van der Waals surface area (Å²) in [5, 5.41) is 5.42. The van der Waals surface area contributed by atoms with Crippen LogP contribution in [0.5, 0.6) is 0 Å². The van der Waals surface area contributed by atoms with E-state index in [2.05, 4.69) is 10.1 Å². The lowest BCUT2D eigenvalue weighted by Gasteiger charge is -1.89. The van der Waals surface area contributed by atoms with E-state index in [-0.39, 0.29) is 0 Å². The third kappa shape index (κ3) is 1.86. The monoisotopic (exact) mass is 177 g/mol. The fourth-order valence-electron chi connectivity index (χ4n) is 1.20. The van der Waals surface area contributed by atoms with Crippen molar-refractivity contribution in [3.8, 4) is 0 Å². The summed E-state index contributed by atoms with van der Waals surface area (Å²) in [6.45, 7) is 5.97. The highest BCUT2D eigenvalue weighted by Gasteiger charge is 1.99. The SMILES string of the molecule is CC.Cc1nccc2cn(C)nc12. The minimum atomic E-state index is 0.989. The van der Waals surface area contributed by atoms with Crippen molar-refractivity contribution in [3.63, 3.8) is 0 Å². The van der Waals surface area contributed by atoms with E-state index in [9.17, 15) is 0 Å². The molecule has 0 aliphatic rings. The third-order valence-electron chi connectivity index (χ3n) is 1.72. The average molecular weight is 177 g/mol. The average Bonchev–Trinajstić information content (AvgIpc) is 2.51. The van der Waals surface area contributed by atoms with Crippen LogP contribution in [0.25, 0.3) is 10.9 Å². The van der Waals surface area contributed by atoms with Crippen LogP contribution >= 0.6 is 0 Å². The van der Waals surface area contributed by atoms with Crippen molar-refractivity contribution in [2.24, 2.45) is 7.05 Å². The second-order valence-electron chi connectivity index (χ2n) is 2.64. The molecule has 0 aromatic carbocycles. The second kappa shape index (κ2) is 4.03. The quantitative estimate of drug-likeness (QED) is 0.618. The Kier molecular flexibility index (Phi) is 3.01. The first-order chi connectivity index (χ1) is 6.27. The van der Waals surface area contributed by atoms with Gasteiger partial charge in [-0.2, -0.15) is 5.10 Å². The Morgan fingerprint density at radius 1 is 1.31 bits per heavy atom. The van der Waals surface area contributed by atoms with E-state index in [1.54, 1.807) is 10.9 Å². The Morgan fingerprint density at radius 3 is 2.62 bits per heavy atom. The highest BCUT2D eigenvalue weighted by molar-refractivity contribution is 5.79. The molecule has 2 aromatic rings. The molecule has 0 amide bonds. The summed E-state index contributed by atoms with van der Waals surface area (Å²) >= 11 is 0. The predicted molar refractivity (Wildman–Crippen MR) is 54.6 cm³/mol. The van der Waals surface area contributed by atoms with Crippen molar-refractivity contribution >= 4 is 10.9 Å². The highest BCUT2D eigenvalue weighted by Crippen LogP contribution is 2.12. The van der Waals surface area contributed by atoms with Gasteiger partial charge in [-0.15, -0.1) is 0 Å². The Balaban J connectivity index is 0.000000396. The molecule has 0 N–H and O–H groups in total. The second-order valence-corrected chi connectivity index (χ2v) is 2.64. The molecule has 13 heavy (non-hydrogen) atoms. The standard InChI is InChI=1S/C8H9N3.C2H6/c1-6-8-7(3-4-9-6)5-11(2)10-8;1-2/h3-5H,1-2H3;1-2H3. The van der Waals surface area contributed by atoms with Crippen LogP contribution in [0.15, 0.2) is 18.5 Å². The van der Waals surface area contributed by atoms with E-state index >= 15 is 0 Å². The molecule has 0 fully saturated rings. The largest absolute Gasteiger partial charge is 0.275 e. The van der Waals surface area contributed by atoms with E-state index in [4.69, 9.17) is 0 Å². The Labute approximate surface area is 78.4 Å². The first kappa shape index (κ1) is 9.71. The Bertz CT molecular complexity index is 390. The summed E-state index contributed by atoms with van der Waals surface area (Å²) in [6.07, 6.45) is 3.80. The van der Waals surface area contributed by atoms with Gasteiger partial charge in [0.15, 0.2) is 0 Å². The molecular weight excluding hydrogens is 162 g/mol. The van der Waals surface area contributed by atoms with Crippen molar-refractivity contribution in [1.82, 2.24) is 14.8 Å². The normalized spacial score (nSPS) is 9.54. The maximum Gasteiger partial charge on any atom is 0.113 e. The fraction of sp³-hybridized carbons (Fsp3) is 0.400. The molecule has 0 radical (unpaired) electrons. The van der Waals surface area contributed by atoms with Crippen LogP contribution in [-0.4, -0.2) is 14.8 Å². The van der Waals surface area contributed by atoms with Gasteiger partial charge >= 0.3 is 0 Å². The van der Waals surface area contributed by atoms with Gasteiger partial charge in [0, 0.05) is 24.8 Å². The van der Waals surface area contributed by atoms with Gasteiger partial charge in [-0.05, 0) is 13.0 Å². The van der Waals surface area contributed by atoms with Gasteiger partial charge in [0.05, 0.1) is 5.69 Å². The number of rotatable bonds is 0. The van der Waals surface area contributed by atoms with E-state index in [1.807, 2.05) is 40.1 Å². The molecule has 0 aliphatic heterocycles. The van der Waals surface area contributed by atoms with Crippen LogP contribution in [0.3, 0.4) is 0 Å². The van der Waals surface area contributed by atoms with E-state index in [1.165, 1.54) is 0 Å². The number of pyridine rings is 1. The molecule has 0 saturated heterocycles. The number of nitrogens with zero attached hydrogens (tertiary/aromatic N) is 3. The Hall–Kier alpha value is -1.38. The number of fused-ring (bicyclic) bond motifs is 1. The summed E-state index contributed by atoms with van der Waals surface area (Å²) in [5.74, 6) is 0. The summed E-state index contributed by atoms with van der Waals surface area (Å²) < 4.78 is 1.80. The smallest absolute Gasteiger partial charge is 0.113 e. The number of aryl methyl sites for hydroxylation is 2. The summed E-state index contributed by atoms with van der Waals surface area (Å²) in [7, 11) is 1.92. The van der Waals surface area contributed by atoms with Gasteiger partial charge in [-0.3, -0.25) is 9.67 Å². The number of hydrogen-bond acceptors (Lipinski definition) is 2. The van der Waals surface area contributed by atoms with Gasteiger partial charge in [-0.25, -0.2) is 0 Å². The summed E-state index contributed by atoms with van der Waals surface area (Å²) in [4.78, 5) is 4.14. The van der Waals surface area contributed by atoms with Crippen molar-refractivity contribution in [3.05, 3.63) is 24.2 Å². The van der Waals surface area contributed by atoms with Gasteiger partial charge < -0.3 is 0 Å². The molecule has 3 nitrogen and oxygen atoms in total. The topological polar surface area (TPSA) is 30.7 Å². The lowest BCUT2D eigenvalue weighted by atomic mass is 10.3. The van der Waals surface area contributed by atoms with Crippen molar-refractivity contribution in [2.75, 3.05) is 0 Å². The van der Waals surface area contributed by atoms with Crippen molar-refractivity contribution < 1.29 is 0 Å². The zero-order valence-electron chi connectivity index (χ0n) is 8.57. The predicted octanol–water partition coefficient (Wildman–Crippen LogP) is 2.30. The molecule has 0 atom stereocenters. The van der Waals surface area contributed by atoms with Crippen LogP contribution in [0.4, 0.5) is 0 Å². The van der Waals surface area contributed by atoms with Crippen LogP contribution in [0.2, 0.25) is 0 Å². The molecule has 0 bridgehead atoms. The first-order valence-corrected chi connectivity index (χ1v) is 4.52. The maximum absolute atomic E-state index is 4.27. The molecular formula is C10H15N3. The first-order valence-electron chi connectivity index (χ1n) is 4.52. The highest BCUT2D eigenvalue weighted by atomic mass is 15.2. The minimum Gasteiger partial charge on any atom is -0.275 e. The minimum absolute atomic E-state index is 0.989. The molecule has 0 aliphatic carbocycles. The van der Waals surface area contributed by atoms with Crippen molar-refractivity contribution in [1.29, 1.82) is 0 Å². The molecule has 2 rings (SSSR count). The molecule has 2 aromatic heterocycles. The van der Waals surface area contributed by atoms with Crippen LogP contribution < -0.4 is 0 Å². The lowest BCUT2D eigenvalue weighted by Crippen LogP contribution is -1.86. The summed E-state index contributed by atoms with van der Waals surface area (Å²) in [6, 6.07) is 1.97. The van der Waals surface area contributed by atoms with Crippen LogP contribution in [-0.2, 0) is 7.05 Å². The number of hydrogen-bond donors (Lipinski definition) is 0. The lowest BCUT2D eigenvalue weighted by molar-refractivity contribution is 0.778. The van der Waals surface area contributed by atoms with E-state index in [0.29, 0.717) is 0 Å². The molecule has 70 valence electrons. The van der Waals surface area contributed by atoms with Crippen LogP contribution in [0.1, 0.15) is 19.5 Å². The molecule has 0 saturated carbocycles. The van der Waals surface area contributed by atoms with Gasteiger partial charge in [0.25, 0.3) is 0 Å². The van der Waals surface area contributed by atoms with Crippen LogP contribution in [0, 0.1) is 6.92 Å². The van der Waals surface area contributed by atoms with Gasteiger partial charge in [-0.1, -0.05) is 13.8 Å². The number of aromatic nitrogens is 3. The van der Waals surface area contributed by atoms with E-state index in [0.717, 1.165) is 16.6 Å². The molecule has 3 heteroatoms. The molecule has 0 unspecified atom stereocenters. The zero-order valence-corrected chi connectivity index (χ0v) is 8.57. The fourth-order valence-corrected chi connectivity index (χ4v) is 1.20. The molecule has 2 heterocycles. The van der Waals surface area contributed by atoms with Gasteiger partial charge in [0.2, 0.25) is 0 Å². The zero-order chi connectivity index (χ0) is 9.84. The Morgan fingerprint density at radius 2 is 2.00 bits per heavy atom. The third-order valence-corrected chi connectivity index (χ3v) is 1.72.